The summed E-state index contributed by atoms with van der Waals surface area (Å²) in [7, 11) is 3.22. The van der Waals surface area contributed by atoms with Crippen molar-refractivity contribution in [3.05, 3.63) is 75.6 Å². The summed E-state index contributed by atoms with van der Waals surface area (Å²) in [6, 6.07) is 13.5. The fourth-order valence-corrected chi connectivity index (χ4v) is 7.32. The van der Waals surface area contributed by atoms with Crippen LogP contribution in [0, 0.1) is 17.2 Å². The Balaban J connectivity index is 1.43. The summed E-state index contributed by atoms with van der Waals surface area (Å²) in [5.74, 6) is 0.586. The quantitative estimate of drug-likeness (QED) is 0.289. The van der Waals surface area contributed by atoms with E-state index in [1.165, 1.54) is 0 Å². The summed E-state index contributed by atoms with van der Waals surface area (Å²) in [5.41, 5.74) is 4.13. The van der Waals surface area contributed by atoms with E-state index < -0.39 is 5.41 Å². The molecule has 3 aliphatic rings. The average molecular weight is 596 g/mol. The van der Waals surface area contributed by atoms with Gasteiger partial charge in [-0.05, 0) is 101 Å². The molecule has 0 radical (unpaired) electrons. The Labute approximate surface area is 256 Å². The van der Waals surface area contributed by atoms with Gasteiger partial charge in [0.05, 0.1) is 18.0 Å². The molecular formula is C32H37N9O3. The van der Waals surface area contributed by atoms with E-state index in [2.05, 4.69) is 49.6 Å². The molecule has 4 N–H and O–H groups in total. The van der Waals surface area contributed by atoms with E-state index in [9.17, 15) is 19.6 Å². The van der Waals surface area contributed by atoms with Gasteiger partial charge in [-0.25, -0.2) is 5.10 Å². The monoisotopic (exact) mass is 595 g/mol. The third-order valence-electron chi connectivity index (χ3n) is 9.65. The predicted octanol–water partition coefficient (Wildman–Crippen LogP) is 1.62. The first-order valence-corrected chi connectivity index (χ1v) is 15.2. The third kappa shape index (κ3) is 5.01. The maximum atomic E-state index is 13.4. The lowest BCUT2D eigenvalue weighted by Crippen LogP contribution is -2.47. The minimum atomic E-state index is -0.881. The second kappa shape index (κ2) is 11.8. The zero-order valence-electron chi connectivity index (χ0n) is 25.2. The Morgan fingerprint density at radius 3 is 2.20 bits per heavy atom. The topological polar surface area (TPSA) is 169 Å². The van der Waals surface area contributed by atoms with Crippen LogP contribution in [0.1, 0.15) is 81.4 Å². The van der Waals surface area contributed by atoms with Crippen molar-refractivity contribution in [1.29, 1.82) is 5.26 Å². The van der Waals surface area contributed by atoms with E-state index in [0.717, 1.165) is 35.1 Å². The molecule has 0 unspecified atom stereocenters. The number of nitriles is 1. The summed E-state index contributed by atoms with van der Waals surface area (Å²) >= 11 is 0. The molecule has 0 bridgehead atoms. The largest absolute Gasteiger partial charge is 0.355 e. The number of hydrogen-bond acceptors (Lipinski definition) is 8. The highest BCUT2D eigenvalue weighted by Crippen LogP contribution is 2.48. The van der Waals surface area contributed by atoms with Crippen molar-refractivity contribution in [3.63, 3.8) is 0 Å². The number of amides is 3. The molecule has 228 valence electrons. The average Bonchev–Trinajstić information content (AvgIpc) is 3.44. The minimum Gasteiger partial charge on any atom is -0.355 e. The summed E-state index contributed by atoms with van der Waals surface area (Å²) in [4.78, 5) is 40.4. The van der Waals surface area contributed by atoms with E-state index in [4.69, 9.17) is 0 Å². The van der Waals surface area contributed by atoms with Crippen molar-refractivity contribution in [1.82, 2.24) is 41.5 Å². The SMILES string of the molecule is CC[C@@H](CC1(c2nnn[nH]2)c2ccc(C(=O)NC)cc2CCc2cc(C(=O)NC)ccc21)NCC(=O)N1[C@H](C#N)C[C@@H]2C[C@@H]21. The van der Waals surface area contributed by atoms with Gasteiger partial charge >= 0.3 is 0 Å². The molecule has 1 saturated carbocycles. The third-order valence-corrected chi connectivity index (χ3v) is 9.65. The van der Waals surface area contributed by atoms with Crippen LogP contribution in [0.25, 0.3) is 0 Å². The highest BCUT2D eigenvalue weighted by molar-refractivity contribution is 5.95. The number of carbonyl (C=O) groups excluding carboxylic acids is 3. The van der Waals surface area contributed by atoms with Gasteiger partial charge in [0, 0.05) is 37.3 Å². The molecule has 2 aromatic carbocycles. The first-order valence-electron chi connectivity index (χ1n) is 15.2. The van der Waals surface area contributed by atoms with Gasteiger partial charge in [-0.1, -0.05) is 19.1 Å². The van der Waals surface area contributed by atoms with Crippen LogP contribution in [-0.2, 0) is 23.1 Å². The van der Waals surface area contributed by atoms with Gasteiger partial charge in [0.25, 0.3) is 11.8 Å². The van der Waals surface area contributed by atoms with Gasteiger partial charge < -0.3 is 20.9 Å². The van der Waals surface area contributed by atoms with E-state index >= 15 is 0 Å². The van der Waals surface area contributed by atoms with Crippen LogP contribution < -0.4 is 16.0 Å². The van der Waals surface area contributed by atoms with Gasteiger partial charge in [0.15, 0.2) is 5.82 Å². The van der Waals surface area contributed by atoms with Crippen LogP contribution in [0.15, 0.2) is 36.4 Å². The van der Waals surface area contributed by atoms with Crippen molar-refractivity contribution in [2.75, 3.05) is 20.6 Å². The Morgan fingerprint density at radius 2 is 1.68 bits per heavy atom. The number of tetrazole rings is 1. The molecule has 12 nitrogen and oxygen atoms in total. The van der Waals surface area contributed by atoms with Crippen molar-refractivity contribution in [3.8, 4) is 6.07 Å². The van der Waals surface area contributed by atoms with Crippen molar-refractivity contribution >= 4 is 17.7 Å². The highest BCUT2D eigenvalue weighted by Gasteiger charge is 2.54. The molecule has 1 aliphatic heterocycles. The fourth-order valence-electron chi connectivity index (χ4n) is 7.32. The zero-order chi connectivity index (χ0) is 31.0. The number of carbonyl (C=O) groups is 3. The molecule has 4 atom stereocenters. The molecule has 12 heteroatoms. The number of aromatic amines is 1. The Kier molecular flexibility index (Phi) is 7.90. The Hall–Kier alpha value is -4.63. The number of fused-ring (bicyclic) bond motifs is 3. The van der Waals surface area contributed by atoms with Crippen LogP contribution >= 0.6 is 0 Å². The maximum absolute atomic E-state index is 13.4. The molecule has 2 heterocycles. The lowest BCUT2D eigenvalue weighted by atomic mass is 9.67. The van der Waals surface area contributed by atoms with Crippen LogP contribution in [0.4, 0.5) is 0 Å². The zero-order valence-corrected chi connectivity index (χ0v) is 25.2. The number of hydrogen-bond donors (Lipinski definition) is 4. The summed E-state index contributed by atoms with van der Waals surface area (Å²) < 4.78 is 0. The second-order valence-corrected chi connectivity index (χ2v) is 12.0. The van der Waals surface area contributed by atoms with Gasteiger partial charge in [0.2, 0.25) is 5.91 Å². The number of benzene rings is 2. The molecule has 2 aliphatic carbocycles. The normalized spacial score (nSPS) is 21.6. The standard InChI is InChI=1S/C32H37N9O3/c1-4-23(36-17-28(42)41-24(16-33)13-22-14-27(22)41)15-32(31-37-39-40-38-31)25-9-7-20(29(43)34-2)11-18(25)5-6-19-12-21(30(44)35-3)8-10-26(19)32/h7-12,22-24,27,36H,4-6,13-15,17H2,1-3H3,(H,34,43)(H,35,44)(H,37,38,39,40)/t22-,23+,24+,27+/m1/s1. The van der Waals surface area contributed by atoms with Crippen LogP contribution in [0.2, 0.25) is 0 Å². The van der Waals surface area contributed by atoms with Crippen LogP contribution in [0.3, 0.4) is 0 Å². The minimum absolute atomic E-state index is 0.0533. The first kappa shape index (κ1) is 29.4. The van der Waals surface area contributed by atoms with Gasteiger partial charge in [0.1, 0.15) is 6.04 Å². The summed E-state index contributed by atoms with van der Waals surface area (Å²) in [6.07, 6.45) is 4.23. The number of aromatic nitrogens is 4. The smallest absolute Gasteiger partial charge is 0.251 e. The van der Waals surface area contributed by atoms with Crippen LogP contribution in [-0.4, -0.2) is 82.0 Å². The maximum Gasteiger partial charge on any atom is 0.251 e. The molecule has 3 amide bonds. The van der Waals surface area contributed by atoms with E-state index in [0.29, 0.717) is 48.6 Å². The molecule has 6 rings (SSSR count). The van der Waals surface area contributed by atoms with E-state index in [1.807, 2.05) is 36.4 Å². The Bertz CT molecular complexity index is 1560. The lowest BCUT2D eigenvalue weighted by Gasteiger charge is -2.37. The molecule has 2 fully saturated rings. The number of nitrogens with zero attached hydrogens (tertiary/aromatic N) is 5. The van der Waals surface area contributed by atoms with Gasteiger partial charge in [-0.3, -0.25) is 14.4 Å². The van der Waals surface area contributed by atoms with Crippen molar-refractivity contribution in [2.45, 2.75) is 69.0 Å². The molecule has 0 spiro atoms. The molecule has 44 heavy (non-hydrogen) atoms. The summed E-state index contributed by atoms with van der Waals surface area (Å²) in [6.45, 7) is 2.19. The van der Waals surface area contributed by atoms with Crippen molar-refractivity contribution in [2.24, 2.45) is 5.92 Å². The molecule has 3 aromatic rings. The number of likely N-dealkylation sites (tertiary alicyclic amines) is 1. The van der Waals surface area contributed by atoms with Gasteiger partial charge in [-0.2, -0.15) is 5.26 Å². The van der Waals surface area contributed by atoms with E-state index in [1.54, 1.807) is 19.0 Å². The second-order valence-electron chi connectivity index (χ2n) is 12.0. The fraction of sp³-hybridized carbons (Fsp3) is 0.469. The Morgan fingerprint density at radius 1 is 1.05 bits per heavy atom. The number of nitrogens with one attached hydrogen (secondary N) is 4. The number of rotatable bonds is 9. The predicted molar refractivity (Wildman–Crippen MR) is 161 cm³/mol. The lowest BCUT2D eigenvalue weighted by molar-refractivity contribution is -0.131. The van der Waals surface area contributed by atoms with Crippen molar-refractivity contribution < 1.29 is 14.4 Å². The molecular weight excluding hydrogens is 558 g/mol. The molecule has 1 saturated heterocycles. The number of aryl methyl sites for hydroxylation is 2. The summed E-state index contributed by atoms with van der Waals surface area (Å²) in [5, 5.41) is 34.0. The van der Waals surface area contributed by atoms with E-state index in [-0.39, 0.29) is 42.4 Å². The number of H-pyrrole nitrogens is 1. The first-order chi connectivity index (χ1) is 21.3. The molecule has 1 aromatic heterocycles. The number of piperidine rings is 1. The van der Waals surface area contributed by atoms with Crippen LogP contribution in [0.5, 0.6) is 0 Å². The van der Waals surface area contributed by atoms with Gasteiger partial charge in [-0.15, -0.1) is 5.10 Å². The highest BCUT2D eigenvalue weighted by atomic mass is 16.2.